The van der Waals surface area contributed by atoms with Gasteiger partial charge in [0, 0.05) is 50.7 Å². The van der Waals surface area contributed by atoms with Crippen LogP contribution in [0.3, 0.4) is 0 Å². The van der Waals surface area contributed by atoms with Crippen molar-refractivity contribution in [3.05, 3.63) is 53.9 Å². The van der Waals surface area contributed by atoms with Gasteiger partial charge in [-0.25, -0.2) is 0 Å². The van der Waals surface area contributed by atoms with Gasteiger partial charge in [-0.2, -0.15) is 0 Å². The molecule has 1 aromatic heterocycles. The summed E-state index contributed by atoms with van der Waals surface area (Å²) in [6, 6.07) is 12.1. The summed E-state index contributed by atoms with van der Waals surface area (Å²) in [4.78, 5) is 30.6. The second-order valence-corrected chi connectivity index (χ2v) is 11.7. The second-order valence-electron chi connectivity index (χ2n) is 11.7. The Kier molecular flexibility index (Phi) is 14.9. The lowest BCUT2D eigenvalue weighted by Crippen LogP contribution is -2.50. The lowest BCUT2D eigenvalue weighted by Gasteiger charge is -2.37. The minimum atomic E-state index is -0.401. The van der Waals surface area contributed by atoms with E-state index in [1.165, 1.54) is 32.1 Å². The van der Waals surface area contributed by atoms with Gasteiger partial charge in [-0.05, 0) is 63.4 Å². The molecule has 0 bridgehead atoms. The summed E-state index contributed by atoms with van der Waals surface area (Å²) in [6.07, 6.45) is 11.4. The standard InChI is InChI=1S/C33H53N3O4/c1-7-8-9-10-11-12-13-20-31(37)35(22-16-23-39-5)27-32(38)36(33(2,3)4)26-29-18-15-21-34(29)25-28-17-14-19-30(24-28)40-6/h14-15,17-19,21,24H,7-13,16,20,22-23,25-27H2,1-6H3. The highest BCUT2D eigenvalue weighted by Gasteiger charge is 2.29. The van der Waals surface area contributed by atoms with Crippen molar-refractivity contribution in [1.29, 1.82) is 0 Å². The number of carbonyl (C=O) groups is 2. The van der Waals surface area contributed by atoms with Crippen LogP contribution in [0.4, 0.5) is 0 Å². The molecule has 40 heavy (non-hydrogen) atoms. The molecule has 0 saturated heterocycles. The van der Waals surface area contributed by atoms with Crippen LogP contribution in [0.2, 0.25) is 0 Å². The van der Waals surface area contributed by atoms with Crippen LogP contribution in [0.15, 0.2) is 42.6 Å². The van der Waals surface area contributed by atoms with Crippen LogP contribution in [0.1, 0.15) is 96.7 Å². The van der Waals surface area contributed by atoms with E-state index in [-0.39, 0.29) is 18.4 Å². The molecule has 2 aromatic rings. The number of aromatic nitrogens is 1. The second kappa shape index (κ2) is 17.8. The zero-order valence-corrected chi connectivity index (χ0v) is 25.9. The summed E-state index contributed by atoms with van der Waals surface area (Å²) >= 11 is 0. The molecule has 224 valence electrons. The Morgan fingerprint density at radius 2 is 1.62 bits per heavy atom. The number of benzene rings is 1. The van der Waals surface area contributed by atoms with E-state index >= 15 is 0 Å². The van der Waals surface area contributed by atoms with E-state index in [4.69, 9.17) is 9.47 Å². The van der Waals surface area contributed by atoms with Crippen LogP contribution < -0.4 is 4.74 Å². The average Bonchev–Trinajstić information content (AvgIpc) is 3.36. The molecule has 0 radical (unpaired) electrons. The average molecular weight is 556 g/mol. The largest absolute Gasteiger partial charge is 0.497 e. The molecule has 0 aliphatic rings. The van der Waals surface area contributed by atoms with Gasteiger partial charge in [-0.15, -0.1) is 0 Å². The van der Waals surface area contributed by atoms with Gasteiger partial charge in [-0.3, -0.25) is 9.59 Å². The van der Waals surface area contributed by atoms with E-state index in [2.05, 4.69) is 44.4 Å². The molecule has 1 aromatic carbocycles. The van der Waals surface area contributed by atoms with Crippen molar-refractivity contribution in [2.75, 3.05) is 33.9 Å². The molecule has 0 unspecified atom stereocenters. The first-order chi connectivity index (χ1) is 19.2. The van der Waals surface area contributed by atoms with E-state index in [9.17, 15) is 9.59 Å². The molecule has 2 rings (SSSR count). The van der Waals surface area contributed by atoms with E-state index in [1.807, 2.05) is 35.4 Å². The quantitative estimate of drug-likeness (QED) is 0.181. The molecule has 0 saturated carbocycles. The van der Waals surface area contributed by atoms with Gasteiger partial charge in [0.25, 0.3) is 0 Å². The predicted octanol–water partition coefficient (Wildman–Crippen LogP) is 6.68. The van der Waals surface area contributed by atoms with Gasteiger partial charge < -0.3 is 23.8 Å². The number of nitrogens with zero attached hydrogens (tertiary/aromatic N) is 3. The first-order valence-electron chi connectivity index (χ1n) is 15.0. The van der Waals surface area contributed by atoms with Gasteiger partial charge in [-0.1, -0.05) is 57.6 Å². The lowest BCUT2D eigenvalue weighted by atomic mass is 10.0. The molecule has 2 amide bonds. The van der Waals surface area contributed by atoms with Gasteiger partial charge >= 0.3 is 0 Å². The minimum absolute atomic E-state index is 0.0352. The topological polar surface area (TPSA) is 64.0 Å². The molecule has 0 aliphatic heterocycles. The van der Waals surface area contributed by atoms with Crippen molar-refractivity contribution in [2.45, 2.75) is 104 Å². The lowest BCUT2D eigenvalue weighted by molar-refractivity contribution is -0.144. The molecule has 1 heterocycles. The molecule has 0 spiro atoms. The third kappa shape index (κ3) is 11.7. The maximum Gasteiger partial charge on any atom is 0.242 e. The van der Waals surface area contributed by atoms with E-state index in [0.717, 1.165) is 29.8 Å². The van der Waals surface area contributed by atoms with Gasteiger partial charge in [0.2, 0.25) is 11.8 Å². The Bertz CT molecular complexity index is 1010. The fourth-order valence-corrected chi connectivity index (χ4v) is 4.91. The molecular weight excluding hydrogens is 502 g/mol. The number of amides is 2. The summed E-state index contributed by atoms with van der Waals surface area (Å²) in [5.41, 5.74) is 1.78. The molecular formula is C33H53N3O4. The number of carbonyl (C=O) groups excluding carboxylic acids is 2. The zero-order valence-electron chi connectivity index (χ0n) is 25.9. The highest BCUT2D eigenvalue weighted by atomic mass is 16.5. The SMILES string of the molecule is CCCCCCCCCC(=O)N(CCCOC)CC(=O)N(Cc1cccn1Cc1cccc(OC)c1)C(C)(C)C. The maximum atomic E-state index is 13.8. The van der Waals surface area contributed by atoms with Crippen LogP contribution in [0.25, 0.3) is 0 Å². The van der Waals surface area contributed by atoms with Crippen molar-refractivity contribution in [2.24, 2.45) is 0 Å². The van der Waals surface area contributed by atoms with Gasteiger partial charge in [0.1, 0.15) is 5.75 Å². The molecule has 0 aliphatic carbocycles. The highest BCUT2D eigenvalue weighted by molar-refractivity contribution is 5.85. The van der Waals surface area contributed by atoms with Gasteiger partial charge in [0.05, 0.1) is 20.2 Å². The van der Waals surface area contributed by atoms with Crippen molar-refractivity contribution in [3.8, 4) is 5.75 Å². The third-order valence-corrected chi connectivity index (χ3v) is 7.29. The zero-order chi connectivity index (χ0) is 29.4. The van der Waals surface area contributed by atoms with Crippen molar-refractivity contribution >= 4 is 11.8 Å². The van der Waals surface area contributed by atoms with Crippen molar-refractivity contribution in [3.63, 3.8) is 0 Å². The Labute approximate surface area is 242 Å². The Morgan fingerprint density at radius 3 is 2.30 bits per heavy atom. The summed E-state index contributed by atoms with van der Waals surface area (Å²) in [6.45, 7) is 10.7. The maximum absolute atomic E-state index is 13.8. The number of methoxy groups -OCH3 is 2. The summed E-state index contributed by atoms with van der Waals surface area (Å²) in [5, 5.41) is 0. The minimum Gasteiger partial charge on any atom is -0.497 e. The van der Waals surface area contributed by atoms with E-state index in [0.29, 0.717) is 39.1 Å². The van der Waals surface area contributed by atoms with Crippen molar-refractivity contribution in [1.82, 2.24) is 14.4 Å². The number of hydrogen-bond donors (Lipinski definition) is 0. The fraction of sp³-hybridized carbons (Fsp3) is 0.636. The fourth-order valence-electron chi connectivity index (χ4n) is 4.91. The van der Waals surface area contributed by atoms with Gasteiger partial charge in [0.15, 0.2) is 0 Å². The Balaban J connectivity index is 2.07. The summed E-state index contributed by atoms with van der Waals surface area (Å²) in [7, 11) is 3.34. The smallest absolute Gasteiger partial charge is 0.242 e. The Hall–Kier alpha value is -2.80. The first kappa shape index (κ1) is 33.4. The Morgan fingerprint density at radius 1 is 0.900 bits per heavy atom. The number of unbranched alkanes of at least 4 members (excludes halogenated alkanes) is 6. The molecule has 7 nitrogen and oxygen atoms in total. The number of rotatable bonds is 19. The van der Waals surface area contributed by atoms with Crippen molar-refractivity contribution < 1.29 is 19.1 Å². The highest BCUT2D eigenvalue weighted by Crippen LogP contribution is 2.21. The molecule has 7 heteroatoms. The molecule has 0 fully saturated rings. The van der Waals surface area contributed by atoms with Crippen LogP contribution in [0.5, 0.6) is 5.75 Å². The van der Waals surface area contributed by atoms with Crippen LogP contribution >= 0.6 is 0 Å². The van der Waals surface area contributed by atoms with Crippen LogP contribution in [-0.2, 0) is 27.4 Å². The predicted molar refractivity (Wildman–Crippen MR) is 163 cm³/mol. The van der Waals surface area contributed by atoms with E-state index in [1.54, 1.807) is 19.1 Å². The number of ether oxygens (including phenoxy) is 2. The molecule has 0 N–H and O–H groups in total. The normalized spacial score (nSPS) is 11.4. The summed E-state index contributed by atoms with van der Waals surface area (Å²) < 4.78 is 12.8. The monoisotopic (exact) mass is 555 g/mol. The first-order valence-corrected chi connectivity index (χ1v) is 15.0. The van der Waals surface area contributed by atoms with Crippen LogP contribution in [-0.4, -0.2) is 65.6 Å². The van der Waals surface area contributed by atoms with E-state index < -0.39 is 5.54 Å². The molecule has 0 atom stereocenters. The van der Waals surface area contributed by atoms with Crippen LogP contribution in [0, 0.1) is 0 Å². The third-order valence-electron chi connectivity index (χ3n) is 7.29. The summed E-state index contributed by atoms with van der Waals surface area (Å²) in [5.74, 6) is 0.854. The number of hydrogen-bond acceptors (Lipinski definition) is 4.